The zero-order valence-electron chi connectivity index (χ0n) is 8.88. The predicted octanol–water partition coefficient (Wildman–Crippen LogP) is 0.564. The summed E-state index contributed by atoms with van der Waals surface area (Å²) >= 11 is 0. The van der Waals surface area contributed by atoms with Crippen LogP contribution in [0.4, 0.5) is 0 Å². The molecule has 78 valence electrons. The van der Waals surface area contributed by atoms with Crippen molar-refractivity contribution in [2.75, 3.05) is 46.9 Å². The molecule has 3 heteroatoms. The number of piperidine rings is 1. The van der Waals surface area contributed by atoms with Crippen molar-refractivity contribution >= 4 is 0 Å². The molecule has 3 nitrogen and oxygen atoms in total. The van der Waals surface area contributed by atoms with Crippen LogP contribution in [0, 0.1) is 5.92 Å². The van der Waals surface area contributed by atoms with E-state index < -0.39 is 0 Å². The molecule has 1 rings (SSSR count). The summed E-state index contributed by atoms with van der Waals surface area (Å²) in [5, 5.41) is 3.19. The van der Waals surface area contributed by atoms with Crippen molar-refractivity contribution < 1.29 is 4.74 Å². The molecule has 1 fully saturated rings. The Hall–Kier alpha value is -0.120. The molecule has 0 radical (unpaired) electrons. The lowest BCUT2D eigenvalue weighted by Crippen LogP contribution is -2.38. The van der Waals surface area contributed by atoms with E-state index in [1.807, 2.05) is 7.05 Å². The second-order valence-corrected chi connectivity index (χ2v) is 3.84. The first-order valence-corrected chi connectivity index (χ1v) is 5.22. The minimum Gasteiger partial charge on any atom is -0.384 e. The molecule has 0 bridgehead atoms. The van der Waals surface area contributed by atoms with E-state index in [9.17, 15) is 0 Å². The summed E-state index contributed by atoms with van der Waals surface area (Å²) in [6.07, 6.45) is 2.61. The minimum atomic E-state index is 0.802. The predicted molar refractivity (Wildman–Crippen MR) is 55.0 cm³/mol. The smallest absolute Gasteiger partial charge is 0.0491 e. The lowest BCUT2D eigenvalue weighted by molar-refractivity contribution is 0.100. The first-order chi connectivity index (χ1) is 6.36. The van der Waals surface area contributed by atoms with Crippen molar-refractivity contribution in [3.8, 4) is 0 Å². The number of nitrogens with one attached hydrogen (secondary N) is 1. The minimum absolute atomic E-state index is 0.802. The van der Waals surface area contributed by atoms with E-state index in [2.05, 4.69) is 10.2 Å². The zero-order chi connectivity index (χ0) is 9.52. The Morgan fingerprint density at radius 1 is 1.38 bits per heavy atom. The maximum absolute atomic E-state index is 5.17. The van der Waals surface area contributed by atoms with Gasteiger partial charge in [0, 0.05) is 26.8 Å². The molecule has 0 aliphatic carbocycles. The van der Waals surface area contributed by atoms with Gasteiger partial charge in [-0.1, -0.05) is 0 Å². The molecule has 1 heterocycles. The SMILES string of the molecule is CNCCN1CCC(COC)CC1. The molecule has 1 saturated heterocycles. The van der Waals surface area contributed by atoms with Crippen molar-refractivity contribution in [1.29, 1.82) is 0 Å². The van der Waals surface area contributed by atoms with Crippen LogP contribution in [-0.2, 0) is 4.74 Å². The molecule has 13 heavy (non-hydrogen) atoms. The van der Waals surface area contributed by atoms with Crippen molar-refractivity contribution in [2.24, 2.45) is 5.92 Å². The summed E-state index contributed by atoms with van der Waals surface area (Å²) < 4.78 is 5.17. The number of nitrogens with zero attached hydrogens (tertiary/aromatic N) is 1. The van der Waals surface area contributed by atoms with E-state index in [1.54, 1.807) is 7.11 Å². The molecule has 1 aliphatic heterocycles. The van der Waals surface area contributed by atoms with Crippen molar-refractivity contribution in [3.05, 3.63) is 0 Å². The Balaban J connectivity index is 2.08. The topological polar surface area (TPSA) is 24.5 Å². The van der Waals surface area contributed by atoms with E-state index in [1.165, 1.54) is 32.5 Å². The number of likely N-dealkylation sites (tertiary alicyclic amines) is 1. The molecule has 0 saturated carbocycles. The van der Waals surface area contributed by atoms with E-state index in [4.69, 9.17) is 4.74 Å². The molecule has 0 atom stereocenters. The van der Waals surface area contributed by atoms with Crippen LogP contribution in [0.25, 0.3) is 0 Å². The average molecular weight is 186 g/mol. The molecular weight excluding hydrogens is 164 g/mol. The van der Waals surface area contributed by atoms with Gasteiger partial charge in [-0.25, -0.2) is 0 Å². The quantitative estimate of drug-likeness (QED) is 0.679. The maximum atomic E-state index is 5.17. The second kappa shape index (κ2) is 6.35. The van der Waals surface area contributed by atoms with Crippen LogP contribution in [-0.4, -0.2) is 51.8 Å². The monoisotopic (exact) mass is 186 g/mol. The third-order valence-electron chi connectivity index (χ3n) is 2.79. The Morgan fingerprint density at radius 3 is 2.62 bits per heavy atom. The molecule has 1 aliphatic rings. The van der Waals surface area contributed by atoms with Gasteiger partial charge in [0.05, 0.1) is 0 Å². The third-order valence-corrected chi connectivity index (χ3v) is 2.79. The van der Waals surface area contributed by atoms with Gasteiger partial charge in [-0.3, -0.25) is 0 Å². The maximum Gasteiger partial charge on any atom is 0.0491 e. The summed E-state index contributed by atoms with van der Waals surface area (Å²) in [7, 11) is 3.81. The summed E-state index contributed by atoms with van der Waals surface area (Å²) in [6, 6.07) is 0. The number of rotatable bonds is 5. The van der Waals surface area contributed by atoms with Crippen LogP contribution < -0.4 is 5.32 Å². The van der Waals surface area contributed by atoms with Crippen LogP contribution in [0.3, 0.4) is 0 Å². The van der Waals surface area contributed by atoms with Crippen LogP contribution in [0.5, 0.6) is 0 Å². The van der Waals surface area contributed by atoms with E-state index in [-0.39, 0.29) is 0 Å². The van der Waals surface area contributed by atoms with Crippen molar-refractivity contribution in [2.45, 2.75) is 12.8 Å². The molecule has 0 aromatic heterocycles. The van der Waals surface area contributed by atoms with Crippen molar-refractivity contribution in [3.63, 3.8) is 0 Å². The van der Waals surface area contributed by atoms with Crippen LogP contribution >= 0.6 is 0 Å². The summed E-state index contributed by atoms with van der Waals surface area (Å²) in [6.45, 7) is 5.73. The Labute approximate surface area is 81.4 Å². The van der Waals surface area contributed by atoms with Gasteiger partial charge in [0.25, 0.3) is 0 Å². The van der Waals surface area contributed by atoms with Gasteiger partial charge in [-0.2, -0.15) is 0 Å². The van der Waals surface area contributed by atoms with Gasteiger partial charge in [-0.05, 0) is 38.9 Å². The highest BCUT2D eigenvalue weighted by molar-refractivity contribution is 4.72. The number of likely N-dealkylation sites (N-methyl/N-ethyl adjacent to an activating group) is 1. The molecule has 0 unspecified atom stereocenters. The summed E-state index contributed by atoms with van der Waals surface area (Å²) in [5.41, 5.74) is 0. The number of methoxy groups -OCH3 is 1. The summed E-state index contributed by atoms with van der Waals surface area (Å²) in [5.74, 6) is 0.802. The normalized spacial score (nSPS) is 20.8. The number of ether oxygens (including phenoxy) is 1. The largest absolute Gasteiger partial charge is 0.384 e. The Morgan fingerprint density at radius 2 is 2.08 bits per heavy atom. The van der Waals surface area contributed by atoms with Gasteiger partial charge in [0.2, 0.25) is 0 Å². The molecule has 0 amide bonds. The average Bonchev–Trinajstić information content (AvgIpc) is 2.17. The second-order valence-electron chi connectivity index (χ2n) is 3.84. The fourth-order valence-electron chi connectivity index (χ4n) is 1.88. The van der Waals surface area contributed by atoms with Crippen LogP contribution in [0.1, 0.15) is 12.8 Å². The lowest BCUT2D eigenvalue weighted by Gasteiger charge is -2.31. The van der Waals surface area contributed by atoms with Crippen LogP contribution in [0.2, 0.25) is 0 Å². The fraction of sp³-hybridized carbons (Fsp3) is 1.00. The Bertz CT molecular complexity index is 122. The van der Waals surface area contributed by atoms with Gasteiger partial charge in [0.15, 0.2) is 0 Å². The number of hydrogen-bond donors (Lipinski definition) is 1. The molecular formula is C10H22N2O. The molecule has 0 spiro atoms. The first kappa shape index (κ1) is 11.0. The van der Waals surface area contributed by atoms with E-state index in [0.29, 0.717) is 0 Å². The first-order valence-electron chi connectivity index (χ1n) is 5.22. The molecule has 0 aromatic carbocycles. The van der Waals surface area contributed by atoms with Gasteiger partial charge in [-0.15, -0.1) is 0 Å². The molecule has 0 aromatic rings. The third kappa shape index (κ3) is 4.07. The Kier molecular flexibility index (Phi) is 5.35. The lowest BCUT2D eigenvalue weighted by atomic mass is 9.98. The highest BCUT2D eigenvalue weighted by Gasteiger charge is 2.17. The highest BCUT2D eigenvalue weighted by Crippen LogP contribution is 2.16. The standard InChI is InChI=1S/C10H22N2O/c1-11-5-8-12-6-3-10(4-7-12)9-13-2/h10-11H,3-9H2,1-2H3. The van der Waals surface area contributed by atoms with Crippen molar-refractivity contribution in [1.82, 2.24) is 10.2 Å². The van der Waals surface area contributed by atoms with Crippen LogP contribution in [0.15, 0.2) is 0 Å². The fourth-order valence-corrected chi connectivity index (χ4v) is 1.88. The van der Waals surface area contributed by atoms with E-state index >= 15 is 0 Å². The van der Waals surface area contributed by atoms with Gasteiger partial charge >= 0.3 is 0 Å². The van der Waals surface area contributed by atoms with Gasteiger partial charge in [0.1, 0.15) is 0 Å². The molecule has 1 N–H and O–H groups in total. The van der Waals surface area contributed by atoms with Gasteiger partial charge < -0.3 is 15.0 Å². The highest BCUT2D eigenvalue weighted by atomic mass is 16.5. The zero-order valence-corrected chi connectivity index (χ0v) is 8.88. The summed E-state index contributed by atoms with van der Waals surface area (Å²) in [4.78, 5) is 2.53. The number of hydrogen-bond acceptors (Lipinski definition) is 3. The van der Waals surface area contributed by atoms with E-state index in [0.717, 1.165) is 19.1 Å².